The lowest BCUT2D eigenvalue weighted by atomic mass is 10.1. The molecule has 0 spiro atoms. The average molecular weight is 542 g/mol. The monoisotopic (exact) mass is 541 g/mol. The zero-order chi connectivity index (χ0) is 27.4. The second-order valence-electron chi connectivity index (χ2n) is 9.32. The van der Waals surface area contributed by atoms with Crippen LogP contribution in [0.4, 0.5) is 0 Å². The van der Waals surface area contributed by atoms with Crippen LogP contribution in [0.5, 0.6) is 5.75 Å². The van der Waals surface area contributed by atoms with Crippen molar-refractivity contribution in [3.63, 3.8) is 0 Å². The van der Waals surface area contributed by atoms with Gasteiger partial charge in [-0.3, -0.25) is 9.59 Å². The molecule has 206 valence electrons. The van der Waals surface area contributed by atoms with E-state index in [4.69, 9.17) is 16.3 Å². The summed E-state index contributed by atoms with van der Waals surface area (Å²) in [6.07, 6.45) is 15.4. The van der Waals surface area contributed by atoms with Crippen LogP contribution in [0, 0.1) is 0 Å². The Labute approximate surface area is 231 Å². The summed E-state index contributed by atoms with van der Waals surface area (Å²) in [6.45, 7) is 2.12. The SMILES string of the molecule is CCCCCCCCCCCCCC(=O)NCC(=O)NN=Cc1ccc(OC(=O)c2cccc(Cl)c2)cc1. The quantitative estimate of drug-likeness (QED) is 0.0710. The van der Waals surface area contributed by atoms with Crippen LogP contribution in [0.2, 0.25) is 5.02 Å². The second-order valence-corrected chi connectivity index (χ2v) is 9.76. The van der Waals surface area contributed by atoms with Crippen LogP contribution in [0.25, 0.3) is 0 Å². The highest BCUT2D eigenvalue weighted by Gasteiger charge is 2.09. The molecule has 0 aliphatic heterocycles. The van der Waals surface area contributed by atoms with E-state index in [2.05, 4.69) is 22.8 Å². The molecule has 8 heteroatoms. The first-order chi connectivity index (χ1) is 18.5. The number of nitrogens with one attached hydrogen (secondary N) is 2. The van der Waals surface area contributed by atoms with Gasteiger partial charge in [0.15, 0.2) is 0 Å². The summed E-state index contributed by atoms with van der Waals surface area (Å²) in [4.78, 5) is 36.1. The van der Waals surface area contributed by atoms with E-state index in [0.717, 1.165) is 19.3 Å². The van der Waals surface area contributed by atoms with E-state index in [1.54, 1.807) is 42.5 Å². The van der Waals surface area contributed by atoms with Gasteiger partial charge in [0, 0.05) is 11.4 Å². The Morgan fingerprint density at radius 3 is 2.11 bits per heavy atom. The van der Waals surface area contributed by atoms with E-state index in [9.17, 15) is 14.4 Å². The number of hydrazone groups is 1. The maximum Gasteiger partial charge on any atom is 0.343 e. The fraction of sp³-hybridized carbons (Fsp3) is 0.467. The first kappa shape index (κ1) is 31.0. The number of hydrogen-bond acceptors (Lipinski definition) is 5. The molecule has 2 rings (SSSR count). The third kappa shape index (κ3) is 13.9. The molecule has 0 saturated carbocycles. The van der Waals surface area contributed by atoms with E-state index in [0.29, 0.717) is 28.3 Å². The molecule has 2 amide bonds. The third-order valence-corrected chi connectivity index (χ3v) is 6.24. The van der Waals surface area contributed by atoms with E-state index < -0.39 is 11.9 Å². The normalized spacial score (nSPS) is 10.9. The van der Waals surface area contributed by atoms with Crippen LogP contribution in [-0.2, 0) is 9.59 Å². The summed E-state index contributed by atoms with van der Waals surface area (Å²) < 4.78 is 5.33. The second kappa shape index (κ2) is 19.0. The molecule has 0 heterocycles. The smallest absolute Gasteiger partial charge is 0.343 e. The number of carbonyl (C=O) groups is 3. The van der Waals surface area contributed by atoms with Crippen molar-refractivity contribution in [1.29, 1.82) is 0 Å². The molecular weight excluding hydrogens is 502 g/mol. The van der Waals surface area contributed by atoms with Crippen LogP contribution in [0.1, 0.15) is 99.9 Å². The van der Waals surface area contributed by atoms with E-state index in [1.807, 2.05) is 0 Å². The lowest BCUT2D eigenvalue weighted by Gasteiger charge is -2.05. The van der Waals surface area contributed by atoms with Gasteiger partial charge in [-0.05, 0) is 54.4 Å². The molecule has 0 unspecified atom stereocenters. The van der Waals surface area contributed by atoms with Crippen molar-refractivity contribution in [2.45, 2.75) is 84.0 Å². The average Bonchev–Trinajstić information content (AvgIpc) is 2.91. The number of carbonyl (C=O) groups excluding carboxylic acids is 3. The van der Waals surface area contributed by atoms with E-state index >= 15 is 0 Å². The molecule has 38 heavy (non-hydrogen) atoms. The largest absolute Gasteiger partial charge is 0.423 e. The number of benzene rings is 2. The van der Waals surface area contributed by atoms with Gasteiger partial charge in [-0.2, -0.15) is 5.10 Å². The van der Waals surface area contributed by atoms with Crippen LogP contribution in [0.3, 0.4) is 0 Å². The van der Waals surface area contributed by atoms with Gasteiger partial charge >= 0.3 is 5.97 Å². The Balaban J connectivity index is 1.53. The maximum absolute atomic E-state index is 12.2. The molecule has 0 saturated heterocycles. The molecule has 0 aromatic heterocycles. The minimum atomic E-state index is -0.508. The van der Waals surface area contributed by atoms with Crippen LogP contribution in [0.15, 0.2) is 53.6 Å². The van der Waals surface area contributed by atoms with Crippen molar-refractivity contribution < 1.29 is 19.1 Å². The number of nitrogens with zero attached hydrogens (tertiary/aromatic N) is 1. The number of esters is 1. The standard InChI is InChI=1S/C30H40ClN3O4/c1-2-3-4-5-6-7-8-9-10-11-12-16-28(35)32-23-29(36)34-33-22-24-17-19-27(20-18-24)38-30(37)25-14-13-15-26(31)21-25/h13-15,17-22H,2-12,16,23H2,1H3,(H,32,35)(H,34,36). The summed E-state index contributed by atoms with van der Waals surface area (Å²) in [5.41, 5.74) is 3.45. The molecular formula is C30H40ClN3O4. The number of ether oxygens (including phenoxy) is 1. The van der Waals surface area contributed by atoms with Gasteiger partial charge in [0.2, 0.25) is 5.91 Å². The summed E-state index contributed by atoms with van der Waals surface area (Å²) in [5.74, 6) is -0.660. The molecule has 0 bridgehead atoms. The van der Waals surface area contributed by atoms with Gasteiger partial charge in [0.25, 0.3) is 5.91 Å². The number of amides is 2. The Morgan fingerprint density at radius 1 is 0.842 bits per heavy atom. The molecule has 2 aromatic carbocycles. The number of hydrogen-bond donors (Lipinski definition) is 2. The van der Waals surface area contributed by atoms with Crippen LogP contribution >= 0.6 is 11.6 Å². The van der Waals surface area contributed by atoms with Crippen molar-refractivity contribution >= 4 is 35.6 Å². The zero-order valence-electron chi connectivity index (χ0n) is 22.3. The van der Waals surface area contributed by atoms with E-state index in [-0.39, 0.29) is 12.5 Å². The highest BCUT2D eigenvalue weighted by Crippen LogP contribution is 2.16. The Hall–Kier alpha value is -3.19. The molecule has 0 atom stereocenters. The van der Waals surface area contributed by atoms with Gasteiger partial charge < -0.3 is 10.1 Å². The molecule has 7 nitrogen and oxygen atoms in total. The van der Waals surface area contributed by atoms with Crippen molar-refractivity contribution in [1.82, 2.24) is 10.7 Å². The topological polar surface area (TPSA) is 96.9 Å². The molecule has 0 aliphatic rings. The fourth-order valence-corrected chi connectivity index (χ4v) is 4.03. The van der Waals surface area contributed by atoms with Gasteiger partial charge in [-0.1, -0.05) is 88.8 Å². The van der Waals surface area contributed by atoms with Gasteiger partial charge in [0.05, 0.1) is 18.3 Å². The number of unbranched alkanes of at least 4 members (excludes halogenated alkanes) is 10. The lowest BCUT2D eigenvalue weighted by molar-refractivity contribution is -0.126. The predicted molar refractivity (Wildman–Crippen MR) is 153 cm³/mol. The lowest BCUT2D eigenvalue weighted by Crippen LogP contribution is -2.34. The number of halogens is 1. The van der Waals surface area contributed by atoms with Crippen molar-refractivity contribution in [2.24, 2.45) is 5.10 Å². The first-order valence-electron chi connectivity index (χ1n) is 13.6. The third-order valence-electron chi connectivity index (χ3n) is 6.01. The molecule has 2 N–H and O–H groups in total. The summed E-state index contributed by atoms with van der Waals surface area (Å²) >= 11 is 5.90. The fourth-order valence-electron chi connectivity index (χ4n) is 3.84. The van der Waals surface area contributed by atoms with Gasteiger partial charge in [-0.25, -0.2) is 10.2 Å². The molecule has 0 radical (unpaired) electrons. The Morgan fingerprint density at radius 2 is 1.47 bits per heavy atom. The maximum atomic E-state index is 12.2. The minimum absolute atomic E-state index is 0.118. The van der Waals surface area contributed by atoms with Crippen LogP contribution in [-0.4, -0.2) is 30.5 Å². The van der Waals surface area contributed by atoms with Crippen molar-refractivity contribution in [3.8, 4) is 5.75 Å². The predicted octanol–water partition coefficient (Wildman–Crippen LogP) is 6.83. The number of rotatable bonds is 18. The molecule has 0 aliphatic carbocycles. The first-order valence-corrected chi connectivity index (χ1v) is 14.0. The highest BCUT2D eigenvalue weighted by molar-refractivity contribution is 6.30. The minimum Gasteiger partial charge on any atom is -0.423 e. The molecule has 0 fully saturated rings. The van der Waals surface area contributed by atoms with E-state index in [1.165, 1.54) is 63.6 Å². The zero-order valence-corrected chi connectivity index (χ0v) is 23.1. The van der Waals surface area contributed by atoms with Gasteiger partial charge in [-0.15, -0.1) is 0 Å². The summed E-state index contributed by atoms with van der Waals surface area (Å²) in [5, 5.41) is 6.98. The summed E-state index contributed by atoms with van der Waals surface area (Å²) in [7, 11) is 0. The van der Waals surface area contributed by atoms with Crippen molar-refractivity contribution in [2.75, 3.05) is 6.54 Å². The Bertz CT molecular complexity index is 1020. The van der Waals surface area contributed by atoms with Crippen molar-refractivity contribution in [3.05, 3.63) is 64.7 Å². The van der Waals surface area contributed by atoms with Crippen LogP contribution < -0.4 is 15.5 Å². The molecule has 2 aromatic rings. The highest BCUT2D eigenvalue weighted by atomic mass is 35.5. The van der Waals surface area contributed by atoms with Gasteiger partial charge in [0.1, 0.15) is 5.75 Å². The Kier molecular flexibility index (Phi) is 15.5. The summed E-state index contributed by atoms with van der Waals surface area (Å²) in [6, 6.07) is 13.2.